The fourth-order valence-electron chi connectivity index (χ4n) is 1.75. The van der Waals surface area contributed by atoms with Gasteiger partial charge in [0.25, 0.3) is 5.69 Å². The molecule has 0 unspecified atom stereocenters. The second-order valence-electron chi connectivity index (χ2n) is 4.19. The number of likely N-dealkylation sites (tertiary alicyclic amines) is 1. The highest BCUT2D eigenvalue weighted by Gasteiger charge is 2.29. The van der Waals surface area contributed by atoms with E-state index in [1.165, 1.54) is 18.2 Å². The van der Waals surface area contributed by atoms with E-state index in [4.69, 9.17) is 5.11 Å². The second-order valence-corrected chi connectivity index (χ2v) is 4.19. The molecule has 2 rings (SSSR count). The summed E-state index contributed by atoms with van der Waals surface area (Å²) in [4.78, 5) is 23.3. The molecule has 0 aliphatic carbocycles. The van der Waals surface area contributed by atoms with Gasteiger partial charge in [0.1, 0.15) is 0 Å². The molecule has 1 heterocycles. The zero-order chi connectivity index (χ0) is 13.1. The van der Waals surface area contributed by atoms with Crippen molar-refractivity contribution in [1.29, 1.82) is 0 Å². The van der Waals surface area contributed by atoms with Crippen molar-refractivity contribution in [3.63, 3.8) is 0 Å². The van der Waals surface area contributed by atoms with Crippen molar-refractivity contribution in [2.75, 3.05) is 25.0 Å². The van der Waals surface area contributed by atoms with E-state index in [-0.39, 0.29) is 24.2 Å². The first kappa shape index (κ1) is 12.3. The van der Waals surface area contributed by atoms with Crippen LogP contribution in [0.15, 0.2) is 24.3 Å². The van der Waals surface area contributed by atoms with E-state index in [0.717, 1.165) is 0 Å². The van der Waals surface area contributed by atoms with Gasteiger partial charge in [0.05, 0.1) is 4.92 Å². The first-order chi connectivity index (χ1) is 8.60. The minimum Gasteiger partial charge on any atom is -0.396 e. The summed E-state index contributed by atoms with van der Waals surface area (Å²) >= 11 is 0. The molecule has 7 heteroatoms. The lowest BCUT2D eigenvalue weighted by Gasteiger charge is -2.37. The number of amides is 2. The van der Waals surface area contributed by atoms with E-state index >= 15 is 0 Å². The maximum absolute atomic E-state index is 11.7. The molecule has 96 valence electrons. The van der Waals surface area contributed by atoms with Crippen LogP contribution < -0.4 is 5.32 Å². The van der Waals surface area contributed by atoms with E-state index < -0.39 is 4.92 Å². The third-order valence-corrected chi connectivity index (χ3v) is 2.81. The summed E-state index contributed by atoms with van der Waals surface area (Å²) in [6.07, 6.45) is 0. The Morgan fingerprint density at radius 3 is 2.89 bits per heavy atom. The molecule has 0 saturated carbocycles. The van der Waals surface area contributed by atoms with Gasteiger partial charge in [-0.25, -0.2) is 4.79 Å². The van der Waals surface area contributed by atoms with Crippen LogP contribution in [0.2, 0.25) is 0 Å². The Kier molecular flexibility index (Phi) is 3.42. The highest BCUT2D eigenvalue weighted by Crippen LogP contribution is 2.20. The first-order valence-electron chi connectivity index (χ1n) is 5.51. The quantitative estimate of drug-likeness (QED) is 0.620. The Morgan fingerprint density at radius 2 is 2.28 bits per heavy atom. The van der Waals surface area contributed by atoms with Crippen LogP contribution >= 0.6 is 0 Å². The van der Waals surface area contributed by atoms with Gasteiger partial charge in [0.15, 0.2) is 0 Å². The van der Waals surface area contributed by atoms with Crippen LogP contribution in [0.4, 0.5) is 16.2 Å². The van der Waals surface area contributed by atoms with E-state index in [1.807, 2.05) is 0 Å². The van der Waals surface area contributed by atoms with Gasteiger partial charge in [-0.2, -0.15) is 0 Å². The number of nitrogens with zero attached hydrogens (tertiary/aromatic N) is 2. The molecule has 1 aliphatic heterocycles. The van der Waals surface area contributed by atoms with Crippen LogP contribution in [0.1, 0.15) is 0 Å². The van der Waals surface area contributed by atoms with Crippen molar-refractivity contribution in [3.05, 3.63) is 34.4 Å². The van der Waals surface area contributed by atoms with E-state index in [9.17, 15) is 14.9 Å². The number of aliphatic hydroxyl groups is 1. The number of benzene rings is 1. The molecule has 1 aromatic carbocycles. The summed E-state index contributed by atoms with van der Waals surface area (Å²) in [5.74, 6) is 0.140. The van der Waals surface area contributed by atoms with Crippen molar-refractivity contribution >= 4 is 17.4 Å². The van der Waals surface area contributed by atoms with Crippen molar-refractivity contribution in [2.45, 2.75) is 0 Å². The molecule has 0 spiro atoms. The molecule has 1 fully saturated rings. The number of anilines is 1. The monoisotopic (exact) mass is 251 g/mol. The Labute approximate surface area is 103 Å². The molecular weight excluding hydrogens is 238 g/mol. The molecule has 0 aromatic heterocycles. The predicted molar refractivity (Wildman–Crippen MR) is 64.3 cm³/mol. The zero-order valence-corrected chi connectivity index (χ0v) is 9.57. The van der Waals surface area contributed by atoms with Crippen LogP contribution in [0, 0.1) is 16.0 Å². The smallest absolute Gasteiger partial charge is 0.321 e. The first-order valence-corrected chi connectivity index (χ1v) is 5.51. The molecule has 0 bridgehead atoms. The molecule has 2 amide bonds. The lowest BCUT2D eigenvalue weighted by atomic mass is 10.0. The highest BCUT2D eigenvalue weighted by atomic mass is 16.6. The molecule has 18 heavy (non-hydrogen) atoms. The molecule has 0 atom stereocenters. The number of nitro benzene ring substituents is 1. The summed E-state index contributed by atoms with van der Waals surface area (Å²) < 4.78 is 0. The van der Waals surface area contributed by atoms with E-state index in [2.05, 4.69) is 5.32 Å². The van der Waals surface area contributed by atoms with Crippen LogP contribution in [0.5, 0.6) is 0 Å². The average Bonchev–Trinajstić information content (AvgIpc) is 2.27. The molecule has 1 aliphatic rings. The minimum absolute atomic E-state index is 0.0651. The molecule has 1 saturated heterocycles. The van der Waals surface area contributed by atoms with Crippen LogP contribution in [0.3, 0.4) is 0 Å². The Hall–Kier alpha value is -2.15. The normalized spacial score (nSPS) is 15.1. The maximum Gasteiger partial charge on any atom is 0.321 e. The fraction of sp³-hybridized carbons (Fsp3) is 0.364. The van der Waals surface area contributed by atoms with Gasteiger partial charge in [-0.3, -0.25) is 10.1 Å². The van der Waals surface area contributed by atoms with Gasteiger partial charge < -0.3 is 15.3 Å². The number of hydrogen-bond acceptors (Lipinski definition) is 4. The standard InChI is InChI=1S/C11H13N3O4/c15-7-8-5-13(6-8)11(16)12-9-2-1-3-10(4-9)14(17)18/h1-4,8,15H,5-7H2,(H,12,16). The lowest BCUT2D eigenvalue weighted by molar-refractivity contribution is -0.384. The lowest BCUT2D eigenvalue weighted by Crippen LogP contribution is -2.52. The number of hydrogen-bond donors (Lipinski definition) is 2. The number of aliphatic hydroxyl groups excluding tert-OH is 1. The number of rotatable bonds is 3. The van der Waals surface area contributed by atoms with Gasteiger partial charge in [-0.05, 0) is 6.07 Å². The van der Waals surface area contributed by atoms with Crippen LogP contribution in [-0.4, -0.2) is 40.7 Å². The number of nitrogens with one attached hydrogen (secondary N) is 1. The van der Waals surface area contributed by atoms with Crippen molar-refractivity contribution < 1.29 is 14.8 Å². The summed E-state index contributed by atoms with van der Waals surface area (Å²) in [6, 6.07) is 5.47. The van der Waals surface area contributed by atoms with E-state index in [0.29, 0.717) is 18.8 Å². The van der Waals surface area contributed by atoms with E-state index in [1.54, 1.807) is 11.0 Å². The Bertz CT molecular complexity index is 471. The minimum atomic E-state index is -0.513. The molecule has 1 aromatic rings. The molecule has 0 radical (unpaired) electrons. The van der Waals surface area contributed by atoms with Gasteiger partial charge in [-0.15, -0.1) is 0 Å². The summed E-state index contributed by atoms with van der Waals surface area (Å²) in [7, 11) is 0. The number of carbonyl (C=O) groups excluding carboxylic acids is 1. The van der Waals surface area contributed by atoms with Crippen molar-refractivity contribution in [2.24, 2.45) is 5.92 Å². The van der Waals surface area contributed by atoms with Crippen molar-refractivity contribution in [1.82, 2.24) is 4.90 Å². The molecule has 2 N–H and O–H groups in total. The van der Waals surface area contributed by atoms with Crippen LogP contribution in [-0.2, 0) is 0 Å². The molecular formula is C11H13N3O4. The van der Waals surface area contributed by atoms with Crippen LogP contribution in [0.25, 0.3) is 0 Å². The SMILES string of the molecule is O=C(Nc1cccc([N+](=O)[O-])c1)N1CC(CO)C1. The van der Waals surface area contributed by atoms with Gasteiger partial charge in [0.2, 0.25) is 0 Å². The third kappa shape index (κ3) is 2.57. The predicted octanol–water partition coefficient (Wildman–Crippen LogP) is 1.05. The highest BCUT2D eigenvalue weighted by molar-refractivity contribution is 5.90. The van der Waals surface area contributed by atoms with Gasteiger partial charge in [0, 0.05) is 43.4 Å². The third-order valence-electron chi connectivity index (χ3n) is 2.81. The number of non-ortho nitro benzene ring substituents is 1. The Balaban J connectivity index is 1.95. The topological polar surface area (TPSA) is 95.7 Å². The summed E-state index contributed by atoms with van der Waals surface area (Å²) in [5, 5.41) is 22.0. The second kappa shape index (κ2) is 5.01. The number of nitro groups is 1. The fourth-order valence-corrected chi connectivity index (χ4v) is 1.75. The summed E-state index contributed by atoms with van der Waals surface area (Å²) in [6.45, 7) is 1.09. The van der Waals surface area contributed by atoms with Gasteiger partial charge in [-0.1, -0.05) is 6.07 Å². The van der Waals surface area contributed by atoms with Gasteiger partial charge >= 0.3 is 6.03 Å². The summed E-state index contributed by atoms with van der Waals surface area (Å²) in [5.41, 5.74) is 0.325. The average molecular weight is 251 g/mol. The number of urea groups is 1. The van der Waals surface area contributed by atoms with Crippen molar-refractivity contribution in [3.8, 4) is 0 Å². The molecule has 7 nitrogen and oxygen atoms in total. The number of carbonyl (C=O) groups is 1. The zero-order valence-electron chi connectivity index (χ0n) is 9.57. The maximum atomic E-state index is 11.7. The largest absolute Gasteiger partial charge is 0.396 e. The Morgan fingerprint density at radius 1 is 1.56 bits per heavy atom.